The van der Waals surface area contributed by atoms with E-state index in [1.54, 1.807) is 0 Å². The molecule has 0 aliphatic heterocycles. The number of halogens is 1. The summed E-state index contributed by atoms with van der Waals surface area (Å²) in [4.78, 5) is 13.7. The molecule has 0 fully saturated rings. The van der Waals surface area contributed by atoms with Crippen LogP contribution in [-0.2, 0) is 17.9 Å². The number of carbonyl (C=O) groups excluding carboxylic acids is 1. The molecule has 116 valence electrons. The third-order valence-corrected chi connectivity index (χ3v) is 3.98. The van der Waals surface area contributed by atoms with Gasteiger partial charge in [0, 0.05) is 24.5 Å². The van der Waals surface area contributed by atoms with Gasteiger partial charge in [-0.25, -0.2) is 0 Å². The molecule has 2 rings (SSSR count). The predicted molar refractivity (Wildman–Crippen MR) is 94.8 cm³/mol. The second-order valence-corrected chi connectivity index (χ2v) is 6.47. The number of amides is 1. The maximum atomic E-state index is 11.4. The molecule has 0 atom stereocenters. The number of rotatable bonds is 5. The van der Waals surface area contributed by atoms with Gasteiger partial charge in [0.25, 0.3) is 0 Å². The lowest BCUT2D eigenvalue weighted by Gasteiger charge is -2.20. The standard InChI is InChI=1S/C18H21BrN2O/c1-13-9-16(18(17(19)10-13)20-14(2)22)12-21(3)11-15-7-5-4-6-8-15/h4-10H,11-12H2,1-3H3,(H,20,22). The second-order valence-electron chi connectivity index (χ2n) is 5.62. The average Bonchev–Trinajstić information content (AvgIpc) is 2.43. The van der Waals surface area contributed by atoms with Gasteiger partial charge in [0.15, 0.2) is 0 Å². The molecule has 0 heterocycles. The van der Waals surface area contributed by atoms with E-state index in [9.17, 15) is 4.79 Å². The predicted octanol–water partition coefficient (Wildman–Crippen LogP) is 4.35. The molecule has 0 aliphatic rings. The number of carbonyl (C=O) groups is 1. The minimum atomic E-state index is -0.0588. The molecule has 4 heteroatoms. The zero-order valence-electron chi connectivity index (χ0n) is 13.2. The summed E-state index contributed by atoms with van der Waals surface area (Å²) in [6.07, 6.45) is 0. The highest BCUT2D eigenvalue weighted by Crippen LogP contribution is 2.29. The normalized spacial score (nSPS) is 10.8. The van der Waals surface area contributed by atoms with E-state index in [0.717, 1.165) is 28.8 Å². The minimum absolute atomic E-state index is 0.0588. The van der Waals surface area contributed by atoms with Crippen molar-refractivity contribution in [1.82, 2.24) is 4.90 Å². The van der Waals surface area contributed by atoms with Crippen LogP contribution < -0.4 is 5.32 Å². The van der Waals surface area contributed by atoms with Crippen molar-refractivity contribution in [2.75, 3.05) is 12.4 Å². The summed E-state index contributed by atoms with van der Waals surface area (Å²) in [5, 5.41) is 2.93. The highest BCUT2D eigenvalue weighted by molar-refractivity contribution is 9.10. The van der Waals surface area contributed by atoms with Gasteiger partial charge in [-0.1, -0.05) is 36.4 Å². The number of hydrogen-bond donors (Lipinski definition) is 1. The lowest BCUT2D eigenvalue weighted by atomic mass is 10.1. The third-order valence-electron chi connectivity index (χ3n) is 3.35. The number of anilines is 1. The first-order valence-corrected chi connectivity index (χ1v) is 8.04. The molecule has 22 heavy (non-hydrogen) atoms. The molecule has 0 bridgehead atoms. The van der Waals surface area contributed by atoms with Gasteiger partial charge in [0.2, 0.25) is 5.91 Å². The SMILES string of the molecule is CC(=O)Nc1c(Br)cc(C)cc1CN(C)Cc1ccccc1. The molecule has 1 N–H and O–H groups in total. The molecule has 0 saturated carbocycles. The number of benzene rings is 2. The van der Waals surface area contributed by atoms with Gasteiger partial charge in [-0.05, 0) is 52.7 Å². The molecule has 1 amide bonds. The van der Waals surface area contributed by atoms with Crippen LogP contribution in [-0.4, -0.2) is 17.9 Å². The van der Waals surface area contributed by atoms with Crippen LogP contribution in [0, 0.1) is 6.92 Å². The zero-order chi connectivity index (χ0) is 16.1. The molecular formula is C18H21BrN2O. The topological polar surface area (TPSA) is 32.3 Å². The van der Waals surface area contributed by atoms with Gasteiger partial charge in [0.05, 0.1) is 5.69 Å². The molecule has 0 unspecified atom stereocenters. The number of hydrogen-bond acceptors (Lipinski definition) is 2. The van der Waals surface area contributed by atoms with E-state index >= 15 is 0 Å². The zero-order valence-corrected chi connectivity index (χ0v) is 14.8. The fourth-order valence-electron chi connectivity index (χ4n) is 2.50. The Kier molecular flexibility index (Phi) is 5.75. The molecule has 2 aromatic carbocycles. The molecule has 3 nitrogen and oxygen atoms in total. The summed E-state index contributed by atoms with van der Waals surface area (Å²) in [6, 6.07) is 14.5. The van der Waals surface area contributed by atoms with E-state index in [2.05, 4.69) is 70.4 Å². The number of aryl methyl sites for hydroxylation is 1. The maximum Gasteiger partial charge on any atom is 0.221 e. The molecule has 0 radical (unpaired) electrons. The van der Waals surface area contributed by atoms with Crippen molar-refractivity contribution in [2.24, 2.45) is 0 Å². The van der Waals surface area contributed by atoms with Crippen LogP contribution in [0.3, 0.4) is 0 Å². The van der Waals surface area contributed by atoms with Crippen molar-refractivity contribution in [3.63, 3.8) is 0 Å². The van der Waals surface area contributed by atoms with Crippen molar-refractivity contribution in [2.45, 2.75) is 26.9 Å². The highest BCUT2D eigenvalue weighted by atomic mass is 79.9. The van der Waals surface area contributed by atoms with Gasteiger partial charge in [0.1, 0.15) is 0 Å². The summed E-state index contributed by atoms with van der Waals surface area (Å²) in [5.74, 6) is -0.0588. The van der Waals surface area contributed by atoms with Gasteiger partial charge in [-0.2, -0.15) is 0 Å². The van der Waals surface area contributed by atoms with Crippen molar-refractivity contribution < 1.29 is 4.79 Å². The summed E-state index contributed by atoms with van der Waals surface area (Å²) in [6.45, 7) is 5.23. The quantitative estimate of drug-likeness (QED) is 0.859. The van der Waals surface area contributed by atoms with Crippen molar-refractivity contribution in [3.05, 3.63) is 63.6 Å². The smallest absolute Gasteiger partial charge is 0.221 e. The Balaban J connectivity index is 2.18. The van der Waals surface area contributed by atoms with Crippen LogP contribution in [0.2, 0.25) is 0 Å². The van der Waals surface area contributed by atoms with Crippen molar-refractivity contribution in [1.29, 1.82) is 0 Å². The van der Waals surface area contributed by atoms with Crippen molar-refractivity contribution >= 4 is 27.5 Å². The Labute approximate surface area is 140 Å². The van der Waals surface area contributed by atoms with Gasteiger partial charge >= 0.3 is 0 Å². The van der Waals surface area contributed by atoms with E-state index in [0.29, 0.717) is 0 Å². The fraction of sp³-hybridized carbons (Fsp3) is 0.278. The monoisotopic (exact) mass is 360 g/mol. The Morgan fingerprint density at radius 2 is 1.86 bits per heavy atom. The summed E-state index contributed by atoms with van der Waals surface area (Å²) in [7, 11) is 2.08. The largest absolute Gasteiger partial charge is 0.325 e. The van der Waals surface area contributed by atoms with Gasteiger partial charge in [-0.3, -0.25) is 9.69 Å². The summed E-state index contributed by atoms with van der Waals surface area (Å²) >= 11 is 3.55. The van der Waals surface area contributed by atoms with E-state index in [1.807, 2.05) is 12.1 Å². The maximum absolute atomic E-state index is 11.4. The van der Waals surface area contributed by atoms with Crippen LogP contribution in [0.15, 0.2) is 46.9 Å². The Morgan fingerprint density at radius 1 is 1.18 bits per heavy atom. The average molecular weight is 361 g/mol. The third kappa shape index (κ3) is 4.68. The number of nitrogens with one attached hydrogen (secondary N) is 1. The second kappa shape index (κ2) is 7.56. The lowest BCUT2D eigenvalue weighted by molar-refractivity contribution is -0.114. The Bertz CT molecular complexity index is 656. The minimum Gasteiger partial charge on any atom is -0.325 e. The first-order valence-electron chi connectivity index (χ1n) is 7.25. The first-order chi connectivity index (χ1) is 10.5. The van der Waals surface area contributed by atoms with Crippen LogP contribution in [0.25, 0.3) is 0 Å². The molecular weight excluding hydrogens is 340 g/mol. The molecule has 0 saturated heterocycles. The molecule has 0 spiro atoms. The van der Waals surface area contributed by atoms with Gasteiger partial charge < -0.3 is 5.32 Å². The van der Waals surface area contributed by atoms with E-state index < -0.39 is 0 Å². The van der Waals surface area contributed by atoms with Gasteiger partial charge in [-0.15, -0.1) is 0 Å². The van der Waals surface area contributed by atoms with Crippen LogP contribution in [0.1, 0.15) is 23.6 Å². The molecule has 2 aromatic rings. The molecule has 0 aliphatic carbocycles. The molecule has 0 aromatic heterocycles. The summed E-state index contributed by atoms with van der Waals surface area (Å²) < 4.78 is 0.922. The summed E-state index contributed by atoms with van der Waals surface area (Å²) in [5.41, 5.74) is 4.42. The Morgan fingerprint density at radius 3 is 2.50 bits per heavy atom. The van der Waals surface area contributed by atoms with E-state index in [-0.39, 0.29) is 5.91 Å². The lowest BCUT2D eigenvalue weighted by Crippen LogP contribution is -2.19. The van der Waals surface area contributed by atoms with E-state index in [1.165, 1.54) is 18.1 Å². The Hall–Kier alpha value is -1.65. The van der Waals surface area contributed by atoms with Crippen LogP contribution in [0.5, 0.6) is 0 Å². The van der Waals surface area contributed by atoms with E-state index in [4.69, 9.17) is 0 Å². The van der Waals surface area contributed by atoms with Crippen molar-refractivity contribution in [3.8, 4) is 0 Å². The fourth-order valence-corrected chi connectivity index (χ4v) is 3.21. The highest BCUT2D eigenvalue weighted by Gasteiger charge is 2.12. The number of nitrogens with zero attached hydrogens (tertiary/aromatic N) is 1. The van der Waals surface area contributed by atoms with Crippen LogP contribution >= 0.6 is 15.9 Å². The van der Waals surface area contributed by atoms with Crippen LogP contribution in [0.4, 0.5) is 5.69 Å². The first kappa shape index (κ1) is 16.7.